The van der Waals surface area contributed by atoms with Crippen molar-refractivity contribution in [3.63, 3.8) is 0 Å². The Kier molecular flexibility index (Phi) is 5.47. The highest BCUT2D eigenvalue weighted by molar-refractivity contribution is 6.01. The van der Waals surface area contributed by atoms with Crippen LogP contribution < -0.4 is 22.9 Å². The van der Waals surface area contributed by atoms with Gasteiger partial charge < -0.3 is 22.9 Å². The molecule has 8 N–H and O–H groups in total. The molecule has 6 heteroatoms. The maximum Gasteiger partial charge on any atom is 0.244 e. The fourth-order valence-electron chi connectivity index (χ4n) is 2.46. The highest BCUT2D eigenvalue weighted by Crippen LogP contribution is 2.33. The van der Waals surface area contributed by atoms with E-state index in [4.69, 9.17) is 22.9 Å². The van der Waals surface area contributed by atoms with Crippen LogP contribution in [-0.2, 0) is 9.59 Å². The van der Waals surface area contributed by atoms with E-state index in [1.54, 1.807) is 44.2 Å². The zero-order valence-corrected chi connectivity index (χ0v) is 14.7. The lowest BCUT2D eigenvalue weighted by Gasteiger charge is -2.14. The fraction of sp³-hybridized carbons (Fsp3) is 0.100. The molecule has 2 aromatic rings. The molecule has 0 aliphatic rings. The Morgan fingerprint density at radius 2 is 1.27 bits per heavy atom. The Labute approximate surface area is 152 Å². The number of hydrogen-bond acceptors (Lipinski definition) is 4. The van der Waals surface area contributed by atoms with E-state index in [1.807, 2.05) is 18.2 Å². The summed E-state index contributed by atoms with van der Waals surface area (Å²) in [4.78, 5) is 23.0. The summed E-state index contributed by atoms with van der Waals surface area (Å²) < 4.78 is 0. The number of primary amides is 2. The van der Waals surface area contributed by atoms with Gasteiger partial charge in [-0.1, -0.05) is 18.2 Å². The van der Waals surface area contributed by atoms with E-state index in [1.165, 1.54) is 0 Å². The van der Waals surface area contributed by atoms with Crippen LogP contribution in [0.5, 0.6) is 0 Å². The van der Waals surface area contributed by atoms with Crippen LogP contribution in [0.4, 0.5) is 11.4 Å². The molecule has 26 heavy (non-hydrogen) atoms. The number of anilines is 2. The van der Waals surface area contributed by atoms with Crippen LogP contribution in [0.25, 0.3) is 23.3 Å². The minimum absolute atomic E-state index is 0.345. The molecule has 0 radical (unpaired) electrons. The summed E-state index contributed by atoms with van der Waals surface area (Å²) in [5.41, 5.74) is 27.4. The largest absolute Gasteiger partial charge is 0.399 e. The Morgan fingerprint density at radius 1 is 0.769 bits per heavy atom. The molecule has 0 fully saturated rings. The number of nitrogen functional groups attached to an aromatic ring is 2. The summed E-state index contributed by atoms with van der Waals surface area (Å²) >= 11 is 0. The van der Waals surface area contributed by atoms with E-state index in [-0.39, 0.29) is 0 Å². The van der Waals surface area contributed by atoms with E-state index in [2.05, 4.69) is 0 Å². The SMILES string of the molecule is CC(=Cc1c(N)ccc(-c2ccc(N)cc2)c1C=C(C)C(N)=O)C(N)=O. The summed E-state index contributed by atoms with van der Waals surface area (Å²) in [5.74, 6) is -1.10. The van der Waals surface area contributed by atoms with Crippen molar-refractivity contribution >= 4 is 35.3 Å². The molecular weight excluding hydrogens is 328 g/mol. The van der Waals surface area contributed by atoms with Crippen molar-refractivity contribution in [3.8, 4) is 11.1 Å². The van der Waals surface area contributed by atoms with Gasteiger partial charge in [0, 0.05) is 28.1 Å². The minimum atomic E-state index is -0.552. The Bertz CT molecular complexity index is 926. The summed E-state index contributed by atoms with van der Waals surface area (Å²) in [7, 11) is 0. The van der Waals surface area contributed by atoms with E-state index in [9.17, 15) is 9.59 Å². The molecule has 6 nitrogen and oxygen atoms in total. The van der Waals surface area contributed by atoms with Crippen molar-refractivity contribution in [2.75, 3.05) is 11.5 Å². The number of rotatable bonds is 5. The van der Waals surface area contributed by atoms with Gasteiger partial charge in [0.2, 0.25) is 11.8 Å². The molecule has 134 valence electrons. The lowest BCUT2D eigenvalue weighted by Crippen LogP contribution is -2.12. The van der Waals surface area contributed by atoms with E-state index >= 15 is 0 Å². The first-order chi connectivity index (χ1) is 12.2. The van der Waals surface area contributed by atoms with Gasteiger partial charge in [-0.15, -0.1) is 0 Å². The molecule has 0 saturated carbocycles. The average molecular weight is 350 g/mol. The third kappa shape index (κ3) is 4.10. The number of carbonyl (C=O) groups is 2. The summed E-state index contributed by atoms with van der Waals surface area (Å²) in [5, 5.41) is 0. The lowest BCUT2D eigenvalue weighted by molar-refractivity contribution is -0.115. The van der Waals surface area contributed by atoms with Gasteiger partial charge in [0.25, 0.3) is 0 Å². The van der Waals surface area contributed by atoms with Crippen LogP contribution in [-0.4, -0.2) is 11.8 Å². The average Bonchev–Trinajstić information content (AvgIpc) is 2.58. The number of amides is 2. The van der Waals surface area contributed by atoms with E-state index < -0.39 is 11.8 Å². The zero-order chi connectivity index (χ0) is 19.4. The normalized spacial score (nSPS) is 12.1. The Hall–Kier alpha value is -3.54. The molecule has 0 unspecified atom stereocenters. The van der Waals surface area contributed by atoms with Gasteiger partial charge in [0.1, 0.15) is 0 Å². The fourth-order valence-corrected chi connectivity index (χ4v) is 2.46. The smallest absolute Gasteiger partial charge is 0.244 e. The number of benzene rings is 2. The number of carbonyl (C=O) groups excluding carboxylic acids is 2. The van der Waals surface area contributed by atoms with Gasteiger partial charge in [-0.25, -0.2) is 0 Å². The van der Waals surface area contributed by atoms with Crippen LogP contribution in [0.2, 0.25) is 0 Å². The van der Waals surface area contributed by atoms with Crippen LogP contribution in [0.1, 0.15) is 25.0 Å². The molecule has 0 saturated heterocycles. The highest BCUT2D eigenvalue weighted by atomic mass is 16.1. The highest BCUT2D eigenvalue weighted by Gasteiger charge is 2.13. The van der Waals surface area contributed by atoms with Gasteiger partial charge in [0.15, 0.2) is 0 Å². The standard InChI is InChI=1S/C20H22N4O2/c1-11(19(23)25)9-16-15(13-3-5-14(21)6-4-13)7-8-18(22)17(16)10-12(2)20(24)26/h3-10H,21-22H2,1-2H3,(H2,23,25)(H2,24,26). The van der Waals surface area contributed by atoms with Gasteiger partial charge in [-0.05, 0) is 60.9 Å². The second-order valence-corrected chi connectivity index (χ2v) is 6.03. The molecule has 0 spiro atoms. The number of hydrogen-bond donors (Lipinski definition) is 4. The van der Waals surface area contributed by atoms with Crippen LogP contribution in [0.15, 0.2) is 47.5 Å². The zero-order valence-electron chi connectivity index (χ0n) is 14.7. The van der Waals surface area contributed by atoms with Gasteiger partial charge in [-0.3, -0.25) is 9.59 Å². The molecule has 0 aliphatic heterocycles. The van der Waals surface area contributed by atoms with E-state index in [0.29, 0.717) is 33.6 Å². The topological polar surface area (TPSA) is 138 Å². The molecule has 2 aromatic carbocycles. The second-order valence-electron chi connectivity index (χ2n) is 6.03. The van der Waals surface area contributed by atoms with Crippen molar-refractivity contribution in [1.82, 2.24) is 0 Å². The van der Waals surface area contributed by atoms with Crippen LogP contribution >= 0.6 is 0 Å². The first-order valence-corrected chi connectivity index (χ1v) is 7.95. The predicted molar refractivity (Wildman–Crippen MR) is 106 cm³/mol. The van der Waals surface area contributed by atoms with Gasteiger partial charge in [-0.2, -0.15) is 0 Å². The lowest BCUT2D eigenvalue weighted by atomic mass is 9.91. The van der Waals surface area contributed by atoms with Crippen molar-refractivity contribution in [1.29, 1.82) is 0 Å². The minimum Gasteiger partial charge on any atom is -0.399 e. The van der Waals surface area contributed by atoms with Gasteiger partial charge >= 0.3 is 0 Å². The van der Waals surface area contributed by atoms with Crippen LogP contribution in [0.3, 0.4) is 0 Å². The first-order valence-electron chi connectivity index (χ1n) is 7.95. The molecule has 0 aliphatic carbocycles. The monoisotopic (exact) mass is 350 g/mol. The maximum atomic E-state index is 11.5. The molecule has 0 aromatic heterocycles. The third-order valence-corrected chi connectivity index (χ3v) is 4.04. The van der Waals surface area contributed by atoms with Crippen molar-refractivity contribution in [2.45, 2.75) is 13.8 Å². The van der Waals surface area contributed by atoms with Crippen molar-refractivity contribution in [3.05, 3.63) is 58.7 Å². The van der Waals surface area contributed by atoms with Gasteiger partial charge in [0.05, 0.1) is 0 Å². The molecule has 0 heterocycles. The first kappa shape index (κ1) is 18.8. The third-order valence-electron chi connectivity index (χ3n) is 4.04. The molecule has 0 bridgehead atoms. The van der Waals surface area contributed by atoms with Crippen LogP contribution in [0, 0.1) is 0 Å². The van der Waals surface area contributed by atoms with Crippen molar-refractivity contribution < 1.29 is 9.59 Å². The summed E-state index contributed by atoms with van der Waals surface area (Å²) in [6.45, 7) is 3.22. The quantitative estimate of drug-likeness (QED) is 0.485. The second kappa shape index (κ2) is 7.57. The number of nitrogens with two attached hydrogens (primary N) is 4. The van der Waals surface area contributed by atoms with Crippen molar-refractivity contribution in [2.24, 2.45) is 11.5 Å². The summed E-state index contributed by atoms with van der Waals surface area (Å²) in [6.07, 6.45) is 3.27. The maximum absolute atomic E-state index is 11.5. The molecule has 0 atom stereocenters. The molecule has 2 rings (SSSR count). The Morgan fingerprint density at radius 3 is 1.77 bits per heavy atom. The summed E-state index contributed by atoms with van der Waals surface area (Å²) in [6, 6.07) is 10.9. The predicted octanol–water partition coefficient (Wildman–Crippen LogP) is 2.30. The Balaban J connectivity index is 2.82. The molecule has 2 amide bonds. The molecular formula is C20H22N4O2. The van der Waals surface area contributed by atoms with E-state index in [0.717, 1.165) is 11.1 Å².